The number of ketones is 1. The minimum absolute atomic E-state index is 0.281. The first kappa shape index (κ1) is 7.08. The highest BCUT2D eigenvalue weighted by atomic mass is 16.1. The van der Waals surface area contributed by atoms with Gasteiger partial charge in [-0.2, -0.15) is 0 Å². The Morgan fingerprint density at radius 3 is 2.64 bits per heavy atom. The molecule has 1 nitrogen and oxygen atoms in total. The fourth-order valence-corrected chi connectivity index (χ4v) is 2.13. The summed E-state index contributed by atoms with van der Waals surface area (Å²) in [6.07, 6.45) is 4.45. The van der Waals surface area contributed by atoms with Crippen LogP contribution in [0.1, 0.15) is 26.7 Å². The Hall–Kier alpha value is -0.590. The standard InChI is InChI=1S/C10H14O/c1-6(2)3-8-4-7-5-9(7)10(8)11/h3,7-9H,4-5H2,1-2H3. The van der Waals surface area contributed by atoms with Gasteiger partial charge in [-0.25, -0.2) is 0 Å². The van der Waals surface area contributed by atoms with Gasteiger partial charge in [-0.3, -0.25) is 4.79 Å². The van der Waals surface area contributed by atoms with Crippen LogP contribution in [0.3, 0.4) is 0 Å². The summed E-state index contributed by atoms with van der Waals surface area (Å²) in [4.78, 5) is 11.4. The maximum atomic E-state index is 11.4. The summed E-state index contributed by atoms with van der Waals surface area (Å²) in [5.41, 5.74) is 1.28. The van der Waals surface area contributed by atoms with Gasteiger partial charge in [0.1, 0.15) is 5.78 Å². The molecule has 0 N–H and O–H groups in total. The van der Waals surface area contributed by atoms with Crippen molar-refractivity contribution < 1.29 is 4.79 Å². The molecule has 0 radical (unpaired) electrons. The highest BCUT2D eigenvalue weighted by Crippen LogP contribution is 2.52. The van der Waals surface area contributed by atoms with Gasteiger partial charge in [0.25, 0.3) is 0 Å². The van der Waals surface area contributed by atoms with Gasteiger partial charge < -0.3 is 0 Å². The summed E-state index contributed by atoms with van der Waals surface area (Å²) < 4.78 is 0. The van der Waals surface area contributed by atoms with Crippen molar-refractivity contribution in [3.8, 4) is 0 Å². The zero-order valence-electron chi connectivity index (χ0n) is 7.13. The smallest absolute Gasteiger partial charge is 0.143 e. The van der Waals surface area contributed by atoms with Gasteiger partial charge in [-0.05, 0) is 32.6 Å². The molecule has 0 bridgehead atoms. The van der Waals surface area contributed by atoms with Gasteiger partial charge in [0.05, 0.1) is 0 Å². The fraction of sp³-hybridized carbons (Fsp3) is 0.700. The van der Waals surface area contributed by atoms with E-state index in [0.29, 0.717) is 11.7 Å². The molecule has 0 aliphatic heterocycles. The van der Waals surface area contributed by atoms with E-state index >= 15 is 0 Å². The molecule has 2 rings (SSSR count). The molecule has 2 fully saturated rings. The Morgan fingerprint density at radius 1 is 1.45 bits per heavy atom. The second kappa shape index (κ2) is 2.20. The first-order chi connectivity index (χ1) is 5.18. The summed E-state index contributed by atoms with van der Waals surface area (Å²) in [6.45, 7) is 4.13. The first-order valence-electron chi connectivity index (χ1n) is 4.37. The number of hydrogen-bond donors (Lipinski definition) is 0. The average molecular weight is 150 g/mol. The van der Waals surface area contributed by atoms with E-state index < -0.39 is 0 Å². The second-order valence-electron chi connectivity index (χ2n) is 4.09. The topological polar surface area (TPSA) is 17.1 Å². The molecule has 60 valence electrons. The van der Waals surface area contributed by atoms with E-state index in [1.807, 2.05) is 0 Å². The van der Waals surface area contributed by atoms with Crippen LogP contribution < -0.4 is 0 Å². The summed E-state index contributed by atoms with van der Waals surface area (Å²) >= 11 is 0. The molecule has 0 aromatic heterocycles. The van der Waals surface area contributed by atoms with Gasteiger partial charge in [0.2, 0.25) is 0 Å². The molecule has 3 unspecified atom stereocenters. The van der Waals surface area contributed by atoms with E-state index in [1.165, 1.54) is 12.0 Å². The predicted molar refractivity (Wildman–Crippen MR) is 44.1 cm³/mol. The Labute approximate surface area is 67.5 Å². The predicted octanol–water partition coefficient (Wildman–Crippen LogP) is 2.18. The van der Waals surface area contributed by atoms with Crippen LogP contribution >= 0.6 is 0 Å². The Balaban J connectivity index is 2.07. The third-order valence-corrected chi connectivity index (χ3v) is 2.74. The van der Waals surface area contributed by atoms with Gasteiger partial charge in [-0.1, -0.05) is 11.6 Å². The molecular weight excluding hydrogens is 136 g/mol. The molecular formula is C10H14O. The minimum Gasteiger partial charge on any atom is -0.299 e. The molecule has 2 aliphatic carbocycles. The van der Waals surface area contributed by atoms with E-state index in [-0.39, 0.29) is 5.92 Å². The largest absolute Gasteiger partial charge is 0.299 e. The molecule has 0 heterocycles. The van der Waals surface area contributed by atoms with Crippen molar-refractivity contribution in [2.75, 3.05) is 0 Å². The number of allylic oxidation sites excluding steroid dienone is 2. The summed E-state index contributed by atoms with van der Waals surface area (Å²) in [7, 11) is 0. The minimum atomic E-state index is 0.281. The van der Waals surface area contributed by atoms with E-state index in [9.17, 15) is 4.79 Å². The lowest BCUT2D eigenvalue weighted by atomic mass is 10.00. The normalized spacial score (nSPS) is 40.2. The SMILES string of the molecule is CC(C)=CC1CC2CC2C1=O. The Bertz CT molecular complexity index is 223. The maximum absolute atomic E-state index is 11.4. The summed E-state index contributed by atoms with van der Waals surface area (Å²) in [5.74, 6) is 2.03. The first-order valence-corrected chi connectivity index (χ1v) is 4.37. The molecule has 1 heteroatoms. The van der Waals surface area contributed by atoms with Crippen molar-refractivity contribution in [1.29, 1.82) is 0 Å². The van der Waals surface area contributed by atoms with Crippen molar-refractivity contribution >= 4 is 5.78 Å². The molecule has 0 saturated heterocycles. The van der Waals surface area contributed by atoms with Crippen LogP contribution in [0.25, 0.3) is 0 Å². The lowest BCUT2D eigenvalue weighted by Crippen LogP contribution is -2.08. The van der Waals surface area contributed by atoms with E-state index in [0.717, 1.165) is 12.3 Å². The monoisotopic (exact) mass is 150 g/mol. The fourth-order valence-electron chi connectivity index (χ4n) is 2.13. The molecule has 2 aliphatic rings. The lowest BCUT2D eigenvalue weighted by molar-refractivity contribution is -0.121. The highest BCUT2D eigenvalue weighted by Gasteiger charge is 2.51. The van der Waals surface area contributed by atoms with E-state index in [2.05, 4.69) is 19.9 Å². The Kier molecular flexibility index (Phi) is 1.41. The van der Waals surface area contributed by atoms with Crippen LogP contribution in [-0.2, 0) is 4.79 Å². The van der Waals surface area contributed by atoms with Gasteiger partial charge in [-0.15, -0.1) is 0 Å². The molecule has 0 spiro atoms. The van der Waals surface area contributed by atoms with Crippen LogP contribution in [0.5, 0.6) is 0 Å². The summed E-state index contributed by atoms with van der Waals surface area (Å²) in [6, 6.07) is 0. The van der Waals surface area contributed by atoms with Crippen LogP contribution in [-0.4, -0.2) is 5.78 Å². The molecule has 0 aromatic carbocycles. The van der Waals surface area contributed by atoms with Crippen LogP contribution in [0, 0.1) is 17.8 Å². The van der Waals surface area contributed by atoms with Crippen molar-refractivity contribution in [1.82, 2.24) is 0 Å². The number of carbonyl (C=O) groups is 1. The van der Waals surface area contributed by atoms with Crippen LogP contribution in [0.4, 0.5) is 0 Å². The third-order valence-electron chi connectivity index (χ3n) is 2.74. The quantitative estimate of drug-likeness (QED) is 0.523. The molecule has 3 atom stereocenters. The molecule has 11 heavy (non-hydrogen) atoms. The number of Topliss-reactive ketones (excluding diaryl/α,β-unsaturated/α-hetero) is 1. The maximum Gasteiger partial charge on any atom is 0.143 e. The van der Waals surface area contributed by atoms with Crippen molar-refractivity contribution in [3.05, 3.63) is 11.6 Å². The highest BCUT2D eigenvalue weighted by molar-refractivity contribution is 5.90. The van der Waals surface area contributed by atoms with Gasteiger partial charge in [0, 0.05) is 11.8 Å². The van der Waals surface area contributed by atoms with E-state index in [4.69, 9.17) is 0 Å². The lowest BCUT2D eigenvalue weighted by Gasteiger charge is -2.04. The van der Waals surface area contributed by atoms with Gasteiger partial charge in [0.15, 0.2) is 0 Å². The zero-order valence-corrected chi connectivity index (χ0v) is 7.13. The molecule has 0 aromatic rings. The number of hydrogen-bond acceptors (Lipinski definition) is 1. The third kappa shape index (κ3) is 1.13. The number of carbonyl (C=O) groups excluding carboxylic acids is 1. The van der Waals surface area contributed by atoms with Gasteiger partial charge >= 0.3 is 0 Å². The number of rotatable bonds is 1. The average Bonchev–Trinajstić information content (AvgIpc) is 2.58. The zero-order chi connectivity index (χ0) is 8.01. The Morgan fingerprint density at radius 2 is 2.18 bits per heavy atom. The molecule has 2 saturated carbocycles. The second-order valence-corrected chi connectivity index (χ2v) is 4.09. The molecule has 0 amide bonds. The van der Waals surface area contributed by atoms with Crippen LogP contribution in [0.15, 0.2) is 11.6 Å². The van der Waals surface area contributed by atoms with E-state index in [1.54, 1.807) is 0 Å². The van der Waals surface area contributed by atoms with Crippen molar-refractivity contribution in [2.24, 2.45) is 17.8 Å². The van der Waals surface area contributed by atoms with Crippen molar-refractivity contribution in [2.45, 2.75) is 26.7 Å². The van der Waals surface area contributed by atoms with Crippen LogP contribution in [0.2, 0.25) is 0 Å². The summed E-state index contributed by atoms with van der Waals surface area (Å²) in [5, 5.41) is 0. The number of fused-ring (bicyclic) bond motifs is 1. The van der Waals surface area contributed by atoms with Crippen molar-refractivity contribution in [3.63, 3.8) is 0 Å².